The highest BCUT2D eigenvalue weighted by molar-refractivity contribution is 5.78. The number of carbonyl (C=O) groups excluding carboxylic acids is 1. The van der Waals surface area contributed by atoms with E-state index in [1.54, 1.807) is 0 Å². The van der Waals surface area contributed by atoms with Crippen molar-refractivity contribution in [3.05, 3.63) is 23.8 Å². The fourth-order valence-corrected chi connectivity index (χ4v) is 13.6. The SMILES string of the molecule is C=C(C)[C@@H]1CC[C@]2(COC(=O)C3C(C=C(C)C)C3(C)C)CC[C@]3(C)C(CCC4[C@@]5(C)CC[C@H](O)C(C)(C)[C@@H]5CC[C@]43C)C12. The monoisotopic (exact) mass is 592 g/mol. The predicted molar refractivity (Wildman–Crippen MR) is 176 cm³/mol. The molecule has 242 valence electrons. The Morgan fingerprint density at radius 2 is 1.51 bits per heavy atom. The number of fused-ring (bicyclic) bond motifs is 7. The first-order valence-corrected chi connectivity index (χ1v) is 18.0. The van der Waals surface area contributed by atoms with Crippen molar-refractivity contribution < 1.29 is 14.6 Å². The second-order valence-electron chi connectivity index (χ2n) is 19.1. The van der Waals surface area contributed by atoms with Crippen LogP contribution in [0.3, 0.4) is 0 Å². The minimum atomic E-state index is -0.173. The Bertz CT molecular complexity index is 1190. The lowest BCUT2D eigenvalue weighted by molar-refractivity contribution is -0.250. The third kappa shape index (κ3) is 4.31. The van der Waals surface area contributed by atoms with E-state index in [-0.39, 0.29) is 39.7 Å². The lowest BCUT2D eigenvalue weighted by atomic mass is 9.32. The molecule has 3 heteroatoms. The molecule has 6 rings (SSSR count). The van der Waals surface area contributed by atoms with Crippen LogP contribution in [0.15, 0.2) is 23.8 Å². The molecule has 0 spiro atoms. The third-order valence-corrected chi connectivity index (χ3v) is 16.4. The molecule has 5 unspecified atom stereocenters. The summed E-state index contributed by atoms with van der Waals surface area (Å²) in [4.78, 5) is 13.6. The Kier molecular flexibility index (Phi) is 7.38. The molecule has 6 aliphatic rings. The van der Waals surface area contributed by atoms with Gasteiger partial charge in [-0.2, -0.15) is 0 Å². The highest BCUT2D eigenvalue weighted by Gasteiger charge is 2.71. The summed E-state index contributed by atoms with van der Waals surface area (Å²) in [6.45, 7) is 28.9. The standard InChI is InChI=1S/C40H64O3/c1-24(2)22-28-33(35(28,5)6)34(42)43-23-40-19-14-26(25(3)4)32(40)27-12-13-30-37(9)17-16-31(41)36(7,8)29(37)15-18-39(30,11)38(27,10)20-21-40/h22,26-33,41H,3,12-21,23H2,1-2,4-11H3/t26-,27?,28?,29-,30?,31-,32?,33?,37-,38+,39+,40+/m0/s1. The van der Waals surface area contributed by atoms with Gasteiger partial charge in [0, 0.05) is 5.41 Å². The molecule has 43 heavy (non-hydrogen) atoms. The van der Waals surface area contributed by atoms with Gasteiger partial charge in [-0.3, -0.25) is 4.79 Å². The van der Waals surface area contributed by atoms with Gasteiger partial charge in [-0.25, -0.2) is 0 Å². The minimum absolute atomic E-state index is 0.00186. The van der Waals surface area contributed by atoms with Crippen molar-refractivity contribution in [1.29, 1.82) is 0 Å². The lowest BCUT2D eigenvalue weighted by Crippen LogP contribution is -2.66. The summed E-state index contributed by atoms with van der Waals surface area (Å²) in [5.74, 6) is 3.40. The van der Waals surface area contributed by atoms with Crippen LogP contribution in [0.4, 0.5) is 0 Å². The highest BCUT2D eigenvalue weighted by atomic mass is 16.5. The fourth-order valence-electron chi connectivity index (χ4n) is 13.6. The van der Waals surface area contributed by atoms with E-state index in [0.717, 1.165) is 6.42 Å². The van der Waals surface area contributed by atoms with Crippen LogP contribution in [0.25, 0.3) is 0 Å². The molecular weight excluding hydrogens is 528 g/mol. The second kappa shape index (κ2) is 9.95. The van der Waals surface area contributed by atoms with Gasteiger partial charge >= 0.3 is 5.97 Å². The molecule has 0 saturated heterocycles. The van der Waals surface area contributed by atoms with E-state index in [0.29, 0.717) is 52.9 Å². The number of aliphatic hydroxyl groups excluding tert-OH is 1. The van der Waals surface area contributed by atoms with Gasteiger partial charge in [-0.15, -0.1) is 0 Å². The predicted octanol–water partition coefficient (Wildman–Crippen LogP) is 9.79. The molecule has 0 amide bonds. The zero-order valence-corrected chi connectivity index (χ0v) is 29.4. The normalized spacial score (nSPS) is 50.8. The maximum Gasteiger partial charge on any atom is 0.310 e. The summed E-state index contributed by atoms with van der Waals surface area (Å²) >= 11 is 0. The number of carbonyl (C=O) groups is 1. The summed E-state index contributed by atoms with van der Waals surface area (Å²) in [5.41, 5.74) is 3.62. The van der Waals surface area contributed by atoms with Crippen molar-refractivity contribution >= 4 is 5.97 Å². The average molecular weight is 593 g/mol. The van der Waals surface area contributed by atoms with Crippen LogP contribution < -0.4 is 0 Å². The summed E-state index contributed by atoms with van der Waals surface area (Å²) in [5, 5.41) is 11.1. The van der Waals surface area contributed by atoms with Gasteiger partial charge in [-0.05, 0) is 148 Å². The number of esters is 1. The van der Waals surface area contributed by atoms with Gasteiger partial charge in [0.2, 0.25) is 0 Å². The average Bonchev–Trinajstić information content (AvgIpc) is 3.24. The van der Waals surface area contributed by atoms with Crippen LogP contribution in [0, 0.1) is 73.9 Å². The lowest BCUT2D eigenvalue weighted by Gasteiger charge is -2.73. The van der Waals surface area contributed by atoms with Gasteiger partial charge < -0.3 is 9.84 Å². The first-order chi connectivity index (χ1) is 19.9. The number of rotatable bonds is 5. The summed E-state index contributed by atoms with van der Waals surface area (Å²) < 4.78 is 6.43. The van der Waals surface area contributed by atoms with E-state index in [9.17, 15) is 9.90 Å². The topological polar surface area (TPSA) is 46.5 Å². The van der Waals surface area contributed by atoms with Crippen LogP contribution >= 0.6 is 0 Å². The molecular formula is C40H64O3. The highest BCUT2D eigenvalue weighted by Crippen LogP contribution is 2.77. The van der Waals surface area contributed by atoms with Gasteiger partial charge in [0.05, 0.1) is 18.6 Å². The van der Waals surface area contributed by atoms with Crippen molar-refractivity contribution in [2.75, 3.05) is 6.61 Å². The summed E-state index contributed by atoms with van der Waals surface area (Å²) in [7, 11) is 0. The van der Waals surface area contributed by atoms with Gasteiger partial charge in [-0.1, -0.05) is 72.3 Å². The Hall–Kier alpha value is -1.09. The van der Waals surface area contributed by atoms with E-state index in [2.05, 4.69) is 81.9 Å². The molecule has 6 fully saturated rings. The third-order valence-electron chi connectivity index (χ3n) is 16.4. The van der Waals surface area contributed by atoms with E-state index in [1.807, 2.05) is 0 Å². The maximum absolute atomic E-state index is 13.6. The molecule has 0 aromatic rings. The fraction of sp³-hybridized carbons (Fsp3) is 0.875. The van der Waals surface area contributed by atoms with Crippen molar-refractivity contribution in [3.63, 3.8) is 0 Å². The number of hydrogen-bond donors (Lipinski definition) is 1. The number of hydrogen-bond acceptors (Lipinski definition) is 3. The molecule has 6 saturated carbocycles. The van der Waals surface area contributed by atoms with Gasteiger partial charge in [0.15, 0.2) is 0 Å². The second-order valence-corrected chi connectivity index (χ2v) is 19.1. The van der Waals surface area contributed by atoms with Gasteiger partial charge in [0.1, 0.15) is 0 Å². The molecule has 0 aliphatic heterocycles. The Balaban J connectivity index is 1.28. The van der Waals surface area contributed by atoms with E-state index < -0.39 is 0 Å². The maximum atomic E-state index is 13.6. The van der Waals surface area contributed by atoms with E-state index >= 15 is 0 Å². The molecule has 0 heterocycles. The number of allylic oxidation sites excluding steroid dienone is 3. The van der Waals surface area contributed by atoms with Crippen LogP contribution in [0.5, 0.6) is 0 Å². The molecule has 0 aromatic carbocycles. The zero-order valence-electron chi connectivity index (χ0n) is 29.4. The van der Waals surface area contributed by atoms with Crippen LogP contribution in [-0.4, -0.2) is 23.8 Å². The molecule has 0 bridgehead atoms. The summed E-state index contributed by atoms with van der Waals surface area (Å²) in [6, 6.07) is 0. The largest absolute Gasteiger partial charge is 0.465 e. The first-order valence-electron chi connectivity index (χ1n) is 18.0. The molecule has 3 nitrogen and oxygen atoms in total. The smallest absolute Gasteiger partial charge is 0.310 e. The molecule has 6 aliphatic carbocycles. The van der Waals surface area contributed by atoms with E-state index in [1.165, 1.54) is 68.9 Å². The Morgan fingerprint density at radius 3 is 2.16 bits per heavy atom. The first kappa shape index (κ1) is 31.9. The van der Waals surface area contributed by atoms with Crippen molar-refractivity contribution in [2.24, 2.45) is 73.9 Å². The molecule has 0 aromatic heterocycles. The van der Waals surface area contributed by atoms with Crippen molar-refractivity contribution in [2.45, 2.75) is 140 Å². The Morgan fingerprint density at radius 1 is 0.814 bits per heavy atom. The Labute approximate surface area is 264 Å². The van der Waals surface area contributed by atoms with Gasteiger partial charge in [0.25, 0.3) is 0 Å². The summed E-state index contributed by atoms with van der Waals surface area (Å²) in [6.07, 6.45) is 14.2. The van der Waals surface area contributed by atoms with Crippen molar-refractivity contribution in [1.82, 2.24) is 0 Å². The number of ether oxygens (including phenoxy) is 1. The van der Waals surface area contributed by atoms with E-state index in [4.69, 9.17) is 4.74 Å². The number of aliphatic hydroxyl groups is 1. The van der Waals surface area contributed by atoms with Crippen LogP contribution in [-0.2, 0) is 9.53 Å². The van der Waals surface area contributed by atoms with Crippen molar-refractivity contribution in [3.8, 4) is 0 Å². The zero-order chi connectivity index (χ0) is 31.5. The van der Waals surface area contributed by atoms with Crippen LogP contribution in [0.1, 0.15) is 133 Å². The quantitative estimate of drug-likeness (QED) is 0.255. The minimum Gasteiger partial charge on any atom is -0.465 e. The molecule has 12 atom stereocenters. The van der Waals surface area contributed by atoms with Crippen LogP contribution in [0.2, 0.25) is 0 Å². The molecule has 0 radical (unpaired) electrons. The molecule has 1 N–H and O–H groups in total.